The van der Waals surface area contributed by atoms with Gasteiger partial charge in [-0.1, -0.05) is 55.5 Å². The van der Waals surface area contributed by atoms with Crippen LogP contribution in [0.15, 0.2) is 66.9 Å². The Bertz CT molecular complexity index is 800. The van der Waals surface area contributed by atoms with E-state index in [2.05, 4.69) is 88.2 Å². The van der Waals surface area contributed by atoms with Crippen LogP contribution in [-0.2, 0) is 6.54 Å². The summed E-state index contributed by atoms with van der Waals surface area (Å²) in [5, 5.41) is 1.34. The van der Waals surface area contributed by atoms with Crippen LogP contribution in [-0.4, -0.2) is 40.5 Å². The average Bonchev–Trinajstić information content (AvgIpc) is 3.09. The van der Waals surface area contributed by atoms with Gasteiger partial charge >= 0.3 is 0 Å². The van der Waals surface area contributed by atoms with Crippen molar-refractivity contribution in [2.75, 3.05) is 26.2 Å². The third kappa shape index (κ3) is 3.48. The van der Waals surface area contributed by atoms with Crippen LogP contribution in [0.1, 0.15) is 25.1 Å². The van der Waals surface area contributed by atoms with Gasteiger partial charge in [0.05, 0.1) is 6.17 Å². The Balaban J connectivity index is 1.44. The molecule has 0 N–H and O–H groups in total. The van der Waals surface area contributed by atoms with E-state index >= 15 is 0 Å². The van der Waals surface area contributed by atoms with Crippen molar-refractivity contribution in [3.05, 3.63) is 72.4 Å². The number of hydrogen-bond donors (Lipinski definition) is 0. The summed E-state index contributed by atoms with van der Waals surface area (Å²) in [6.07, 6.45) is 3.85. The number of fused-ring (bicyclic) bond motifs is 1. The van der Waals surface area contributed by atoms with E-state index in [0.29, 0.717) is 6.17 Å². The van der Waals surface area contributed by atoms with Gasteiger partial charge in [0.25, 0.3) is 0 Å². The van der Waals surface area contributed by atoms with Crippen LogP contribution in [0, 0.1) is 0 Å². The second-order valence-electron chi connectivity index (χ2n) is 6.97. The van der Waals surface area contributed by atoms with Gasteiger partial charge in [-0.25, -0.2) is 0 Å². The molecule has 1 aromatic heterocycles. The molecule has 0 radical (unpaired) electrons. The molecule has 3 nitrogen and oxygen atoms in total. The van der Waals surface area contributed by atoms with E-state index < -0.39 is 0 Å². The van der Waals surface area contributed by atoms with Crippen molar-refractivity contribution in [1.29, 1.82) is 0 Å². The Hall–Kier alpha value is -2.10. The molecule has 4 rings (SSSR count). The first-order chi connectivity index (χ1) is 12.3. The van der Waals surface area contributed by atoms with E-state index in [-0.39, 0.29) is 0 Å². The number of nitrogens with zero attached hydrogens (tertiary/aromatic N) is 3. The molecule has 3 heteroatoms. The van der Waals surface area contributed by atoms with Crippen LogP contribution in [0.2, 0.25) is 0 Å². The number of piperazine rings is 1. The molecule has 2 heterocycles. The summed E-state index contributed by atoms with van der Waals surface area (Å²) in [6.45, 7) is 7.93. The van der Waals surface area contributed by atoms with E-state index in [1.807, 2.05) is 0 Å². The Kier molecular flexibility index (Phi) is 4.86. The first-order valence-electron chi connectivity index (χ1n) is 9.41. The summed E-state index contributed by atoms with van der Waals surface area (Å²) < 4.78 is 2.46. The van der Waals surface area contributed by atoms with Gasteiger partial charge in [-0.15, -0.1) is 0 Å². The van der Waals surface area contributed by atoms with Crippen molar-refractivity contribution in [2.45, 2.75) is 26.1 Å². The van der Waals surface area contributed by atoms with Crippen LogP contribution in [0.25, 0.3) is 10.9 Å². The molecule has 25 heavy (non-hydrogen) atoms. The third-order valence-corrected chi connectivity index (χ3v) is 5.39. The molecular weight excluding hydrogens is 306 g/mol. The van der Waals surface area contributed by atoms with Gasteiger partial charge in [0.2, 0.25) is 0 Å². The zero-order chi connectivity index (χ0) is 17.1. The summed E-state index contributed by atoms with van der Waals surface area (Å²) >= 11 is 0. The lowest BCUT2D eigenvalue weighted by Gasteiger charge is -2.39. The SMILES string of the molecule is CCC(N1CCN(Cc2ccccc2)CC1)n1ccc2ccccc21. The van der Waals surface area contributed by atoms with Crippen LogP contribution in [0.4, 0.5) is 0 Å². The fourth-order valence-electron chi connectivity index (χ4n) is 4.06. The molecular formula is C22H27N3. The fourth-order valence-corrected chi connectivity index (χ4v) is 4.06. The van der Waals surface area contributed by atoms with E-state index in [4.69, 9.17) is 0 Å². The first kappa shape index (κ1) is 16.4. The fraction of sp³-hybridized carbons (Fsp3) is 0.364. The van der Waals surface area contributed by atoms with Crippen LogP contribution >= 0.6 is 0 Å². The van der Waals surface area contributed by atoms with E-state index in [9.17, 15) is 0 Å². The van der Waals surface area contributed by atoms with Gasteiger partial charge in [0, 0.05) is 44.4 Å². The summed E-state index contributed by atoms with van der Waals surface area (Å²) in [7, 11) is 0. The predicted octanol–water partition coefficient (Wildman–Crippen LogP) is 4.37. The van der Waals surface area contributed by atoms with Gasteiger partial charge in [-0.3, -0.25) is 9.80 Å². The first-order valence-corrected chi connectivity index (χ1v) is 9.41. The maximum Gasteiger partial charge on any atom is 0.0862 e. The molecule has 130 valence electrons. The second-order valence-corrected chi connectivity index (χ2v) is 6.97. The Morgan fingerprint density at radius 2 is 1.56 bits per heavy atom. The zero-order valence-electron chi connectivity index (χ0n) is 15.0. The summed E-state index contributed by atoms with van der Waals surface area (Å²) in [5.74, 6) is 0. The van der Waals surface area contributed by atoms with Gasteiger partial charge in [-0.2, -0.15) is 0 Å². The number of hydrogen-bond acceptors (Lipinski definition) is 2. The Labute approximate surface area is 150 Å². The van der Waals surface area contributed by atoms with E-state index in [1.165, 1.54) is 16.5 Å². The average molecular weight is 333 g/mol. The Morgan fingerprint density at radius 1 is 0.840 bits per heavy atom. The summed E-state index contributed by atoms with van der Waals surface area (Å²) in [6, 6.07) is 21.8. The minimum Gasteiger partial charge on any atom is -0.331 e. The summed E-state index contributed by atoms with van der Waals surface area (Å²) in [5.41, 5.74) is 2.76. The zero-order valence-corrected chi connectivity index (χ0v) is 15.0. The van der Waals surface area contributed by atoms with Crippen molar-refractivity contribution >= 4 is 10.9 Å². The molecule has 0 aliphatic carbocycles. The standard InChI is InChI=1S/C22H27N3/c1-2-22(25-13-12-20-10-6-7-11-21(20)25)24-16-14-23(15-17-24)18-19-8-4-3-5-9-19/h3-13,22H,2,14-18H2,1H3. The van der Waals surface area contributed by atoms with Crippen LogP contribution in [0.5, 0.6) is 0 Å². The van der Waals surface area contributed by atoms with Crippen molar-refractivity contribution in [3.8, 4) is 0 Å². The minimum atomic E-state index is 0.457. The number of benzene rings is 2. The van der Waals surface area contributed by atoms with Crippen LogP contribution in [0.3, 0.4) is 0 Å². The van der Waals surface area contributed by atoms with Gasteiger partial charge < -0.3 is 4.57 Å². The predicted molar refractivity (Wildman–Crippen MR) is 105 cm³/mol. The molecule has 1 saturated heterocycles. The maximum absolute atomic E-state index is 2.65. The largest absolute Gasteiger partial charge is 0.331 e. The van der Waals surface area contributed by atoms with Crippen molar-refractivity contribution in [1.82, 2.24) is 14.4 Å². The van der Waals surface area contributed by atoms with Gasteiger partial charge in [0.1, 0.15) is 0 Å². The molecule has 1 fully saturated rings. The normalized spacial score (nSPS) is 17.8. The van der Waals surface area contributed by atoms with E-state index in [0.717, 1.165) is 39.1 Å². The highest BCUT2D eigenvalue weighted by Gasteiger charge is 2.24. The molecule has 1 unspecified atom stereocenters. The Morgan fingerprint density at radius 3 is 2.32 bits per heavy atom. The molecule has 1 aliphatic heterocycles. The second kappa shape index (κ2) is 7.42. The van der Waals surface area contributed by atoms with Crippen molar-refractivity contribution < 1.29 is 0 Å². The van der Waals surface area contributed by atoms with Gasteiger partial charge in [-0.05, 0) is 29.5 Å². The number of aromatic nitrogens is 1. The number of rotatable bonds is 5. The topological polar surface area (TPSA) is 11.4 Å². The molecule has 2 aromatic carbocycles. The van der Waals surface area contributed by atoms with Crippen molar-refractivity contribution in [3.63, 3.8) is 0 Å². The lowest BCUT2D eigenvalue weighted by atomic mass is 10.2. The quantitative estimate of drug-likeness (QED) is 0.687. The molecule has 0 spiro atoms. The maximum atomic E-state index is 2.65. The highest BCUT2D eigenvalue weighted by atomic mass is 15.3. The molecule has 0 saturated carbocycles. The molecule has 1 atom stereocenters. The van der Waals surface area contributed by atoms with Crippen molar-refractivity contribution in [2.24, 2.45) is 0 Å². The monoisotopic (exact) mass is 333 g/mol. The molecule has 1 aliphatic rings. The third-order valence-electron chi connectivity index (χ3n) is 5.39. The highest BCUT2D eigenvalue weighted by molar-refractivity contribution is 5.80. The summed E-state index contributed by atoms with van der Waals surface area (Å²) in [4.78, 5) is 5.22. The minimum absolute atomic E-state index is 0.457. The lowest BCUT2D eigenvalue weighted by Crippen LogP contribution is -2.48. The highest BCUT2D eigenvalue weighted by Crippen LogP contribution is 2.26. The molecule has 0 amide bonds. The number of para-hydroxylation sites is 1. The van der Waals surface area contributed by atoms with Crippen LogP contribution < -0.4 is 0 Å². The van der Waals surface area contributed by atoms with Gasteiger partial charge in [0.15, 0.2) is 0 Å². The molecule has 0 bridgehead atoms. The lowest BCUT2D eigenvalue weighted by molar-refractivity contribution is 0.0616. The van der Waals surface area contributed by atoms with E-state index in [1.54, 1.807) is 0 Å². The molecule has 3 aromatic rings. The smallest absolute Gasteiger partial charge is 0.0862 e.